The summed E-state index contributed by atoms with van der Waals surface area (Å²) in [6.07, 6.45) is -1.31. The molecule has 0 saturated heterocycles. The molecule has 0 fully saturated rings. The highest BCUT2D eigenvalue weighted by atomic mass is 16.5. The topological polar surface area (TPSA) is 49.7 Å². The Balaban J connectivity index is 2.80. The van der Waals surface area contributed by atoms with Gasteiger partial charge in [0.2, 0.25) is 0 Å². The number of ether oxygens (including phenoxy) is 1. The van der Waals surface area contributed by atoms with Gasteiger partial charge in [-0.3, -0.25) is 0 Å². The van der Waals surface area contributed by atoms with Crippen molar-refractivity contribution in [3.05, 3.63) is 42.0 Å². The molecule has 0 amide bonds. The summed E-state index contributed by atoms with van der Waals surface area (Å²) in [6.45, 7) is 9.30. The SMILES string of the molecule is C=C(C)[C@H](O)[C@@H](C)[C@H](O)[C@@H](C)c1ccc(OC)cc1. The van der Waals surface area contributed by atoms with E-state index >= 15 is 0 Å². The zero-order chi connectivity index (χ0) is 14.6. The number of hydrogen-bond acceptors (Lipinski definition) is 3. The molecule has 0 radical (unpaired) electrons. The maximum absolute atomic E-state index is 10.4. The fourth-order valence-corrected chi connectivity index (χ4v) is 2.20. The molecule has 3 heteroatoms. The van der Waals surface area contributed by atoms with E-state index in [1.165, 1.54) is 0 Å². The molecule has 0 saturated carbocycles. The Morgan fingerprint density at radius 1 is 1.16 bits per heavy atom. The van der Waals surface area contributed by atoms with Crippen molar-refractivity contribution in [3.8, 4) is 5.75 Å². The van der Waals surface area contributed by atoms with Gasteiger partial charge >= 0.3 is 0 Å². The Kier molecular flexibility index (Phi) is 5.58. The summed E-state index contributed by atoms with van der Waals surface area (Å²) in [5, 5.41) is 20.3. The van der Waals surface area contributed by atoms with Crippen LogP contribution in [-0.2, 0) is 0 Å². The summed E-state index contributed by atoms with van der Waals surface area (Å²) in [5.74, 6) is 0.477. The first-order valence-corrected chi connectivity index (χ1v) is 6.54. The van der Waals surface area contributed by atoms with Gasteiger partial charge in [-0.2, -0.15) is 0 Å². The summed E-state index contributed by atoms with van der Waals surface area (Å²) in [6, 6.07) is 7.62. The summed E-state index contributed by atoms with van der Waals surface area (Å²) in [5.41, 5.74) is 1.70. The van der Waals surface area contributed by atoms with Crippen molar-refractivity contribution in [1.82, 2.24) is 0 Å². The maximum Gasteiger partial charge on any atom is 0.118 e. The largest absolute Gasteiger partial charge is 0.497 e. The first-order valence-electron chi connectivity index (χ1n) is 6.54. The van der Waals surface area contributed by atoms with Crippen molar-refractivity contribution >= 4 is 0 Å². The van der Waals surface area contributed by atoms with Crippen LogP contribution in [0.1, 0.15) is 32.3 Å². The van der Waals surface area contributed by atoms with Gasteiger partial charge in [-0.25, -0.2) is 0 Å². The molecule has 0 heterocycles. The van der Waals surface area contributed by atoms with Gasteiger partial charge in [0.15, 0.2) is 0 Å². The predicted octanol–water partition coefficient (Wildman–Crippen LogP) is 2.73. The first kappa shape index (κ1) is 15.7. The van der Waals surface area contributed by atoms with Crippen LogP contribution >= 0.6 is 0 Å². The van der Waals surface area contributed by atoms with Crippen LogP contribution in [0.25, 0.3) is 0 Å². The van der Waals surface area contributed by atoms with Crippen LogP contribution in [0.3, 0.4) is 0 Å². The Morgan fingerprint density at radius 3 is 2.11 bits per heavy atom. The van der Waals surface area contributed by atoms with E-state index < -0.39 is 12.2 Å². The summed E-state index contributed by atoms with van der Waals surface area (Å²) in [7, 11) is 1.62. The average Bonchev–Trinajstić information content (AvgIpc) is 2.44. The average molecular weight is 264 g/mol. The molecule has 0 aliphatic heterocycles. The highest BCUT2D eigenvalue weighted by molar-refractivity contribution is 5.29. The molecule has 0 aliphatic carbocycles. The second kappa shape index (κ2) is 6.73. The highest BCUT2D eigenvalue weighted by Crippen LogP contribution is 2.28. The van der Waals surface area contributed by atoms with Crippen molar-refractivity contribution in [2.45, 2.75) is 38.9 Å². The first-order chi connectivity index (χ1) is 8.88. The molecule has 2 N–H and O–H groups in total. The monoisotopic (exact) mass is 264 g/mol. The molecule has 3 nitrogen and oxygen atoms in total. The molecular weight excluding hydrogens is 240 g/mol. The van der Waals surface area contributed by atoms with Gasteiger partial charge in [0.25, 0.3) is 0 Å². The summed E-state index contributed by atoms with van der Waals surface area (Å²) < 4.78 is 5.11. The van der Waals surface area contributed by atoms with Crippen molar-refractivity contribution in [1.29, 1.82) is 0 Å². The number of benzene rings is 1. The van der Waals surface area contributed by atoms with Crippen molar-refractivity contribution in [2.75, 3.05) is 7.11 Å². The second-order valence-electron chi connectivity index (χ2n) is 5.20. The molecule has 1 aromatic carbocycles. The van der Waals surface area contributed by atoms with Gasteiger partial charge < -0.3 is 14.9 Å². The molecule has 0 aromatic heterocycles. The molecule has 0 spiro atoms. The van der Waals surface area contributed by atoms with E-state index in [1.807, 2.05) is 38.1 Å². The lowest BCUT2D eigenvalue weighted by Crippen LogP contribution is -2.33. The molecule has 0 unspecified atom stereocenters. The van der Waals surface area contributed by atoms with Crippen molar-refractivity contribution < 1.29 is 14.9 Å². The van der Waals surface area contributed by atoms with Gasteiger partial charge in [-0.15, -0.1) is 0 Å². The van der Waals surface area contributed by atoms with Gasteiger partial charge in [0.05, 0.1) is 19.3 Å². The normalized spacial score (nSPS) is 17.4. The molecular formula is C16H24O3. The van der Waals surface area contributed by atoms with E-state index in [4.69, 9.17) is 4.74 Å². The molecule has 0 aliphatic rings. The molecule has 19 heavy (non-hydrogen) atoms. The molecule has 4 atom stereocenters. The number of rotatable bonds is 6. The van der Waals surface area contributed by atoms with Gasteiger partial charge in [0, 0.05) is 11.8 Å². The Morgan fingerprint density at radius 2 is 1.68 bits per heavy atom. The summed E-state index contributed by atoms with van der Waals surface area (Å²) >= 11 is 0. The van der Waals surface area contributed by atoms with E-state index in [-0.39, 0.29) is 11.8 Å². The lowest BCUT2D eigenvalue weighted by Gasteiger charge is -2.29. The van der Waals surface area contributed by atoms with Crippen LogP contribution in [0.15, 0.2) is 36.4 Å². The quantitative estimate of drug-likeness (QED) is 0.777. The van der Waals surface area contributed by atoms with E-state index in [0.29, 0.717) is 5.57 Å². The third-order valence-electron chi connectivity index (χ3n) is 3.70. The minimum atomic E-state index is -0.685. The van der Waals surface area contributed by atoms with Gasteiger partial charge in [0.1, 0.15) is 5.75 Å². The zero-order valence-electron chi connectivity index (χ0n) is 12.1. The predicted molar refractivity (Wildman–Crippen MR) is 77.4 cm³/mol. The van der Waals surface area contributed by atoms with E-state index in [1.54, 1.807) is 14.0 Å². The second-order valence-corrected chi connectivity index (χ2v) is 5.20. The highest BCUT2D eigenvalue weighted by Gasteiger charge is 2.28. The van der Waals surface area contributed by atoms with Crippen LogP contribution < -0.4 is 4.74 Å². The van der Waals surface area contributed by atoms with Gasteiger partial charge in [-0.1, -0.05) is 38.1 Å². The molecule has 1 rings (SSSR count). The molecule has 106 valence electrons. The minimum Gasteiger partial charge on any atom is -0.497 e. The van der Waals surface area contributed by atoms with Crippen LogP contribution in [0, 0.1) is 5.92 Å². The fraction of sp³-hybridized carbons (Fsp3) is 0.500. The van der Waals surface area contributed by atoms with Gasteiger partial charge in [-0.05, 0) is 24.6 Å². The smallest absolute Gasteiger partial charge is 0.118 e. The van der Waals surface area contributed by atoms with Crippen LogP contribution in [-0.4, -0.2) is 29.5 Å². The van der Waals surface area contributed by atoms with E-state index in [2.05, 4.69) is 6.58 Å². The Hall–Kier alpha value is -1.32. The maximum atomic E-state index is 10.4. The number of hydrogen-bond donors (Lipinski definition) is 2. The van der Waals surface area contributed by atoms with Crippen LogP contribution in [0.2, 0.25) is 0 Å². The van der Waals surface area contributed by atoms with E-state index in [9.17, 15) is 10.2 Å². The van der Waals surface area contributed by atoms with Crippen LogP contribution in [0.5, 0.6) is 5.75 Å². The van der Waals surface area contributed by atoms with Crippen LogP contribution in [0.4, 0.5) is 0 Å². The Labute approximate surface area is 115 Å². The third-order valence-corrected chi connectivity index (χ3v) is 3.70. The summed E-state index contributed by atoms with van der Waals surface area (Å²) in [4.78, 5) is 0. The molecule has 0 bridgehead atoms. The van der Waals surface area contributed by atoms with E-state index in [0.717, 1.165) is 11.3 Å². The van der Waals surface area contributed by atoms with Crippen molar-refractivity contribution in [2.24, 2.45) is 5.92 Å². The number of aliphatic hydroxyl groups excluding tert-OH is 2. The van der Waals surface area contributed by atoms with Crippen molar-refractivity contribution in [3.63, 3.8) is 0 Å². The number of methoxy groups -OCH3 is 1. The Bertz CT molecular complexity index is 411. The fourth-order valence-electron chi connectivity index (χ4n) is 2.20. The zero-order valence-corrected chi connectivity index (χ0v) is 12.1. The lowest BCUT2D eigenvalue weighted by molar-refractivity contribution is 0.0266. The number of aliphatic hydroxyl groups is 2. The minimum absolute atomic E-state index is 0.0603. The molecule has 1 aromatic rings. The lowest BCUT2D eigenvalue weighted by atomic mass is 9.83. The third kappa shape index (κ3) is 3.82. The standard InChI is InChI=1S/C16H24O3/c1-10(2)15(17)12(4)16(18)11(3)13-6-8-14(19-5)9-7-13/h6-9,11-12,15-18H,1H2,2-5H3/t11-,12+,15-,16+/m0/s1.